The Balaban J connectivity index is 1.83. The van der Waals surface area contributed by atoms with Crippen LogP contribution in [-0.2, 0) is 9.59 Å². The number of nitrogens with one attached hydrogen (secondary N) is 1. The van der Waals surface area contributed by atoms with E-state index in [4.69, 9.17) is 4.74 Å². The van der Waals surface area contributed by atoms with Gasteiger partial charge in [0.05, 0.1) is 7.11 Å². The lowest BCUT2D eigenvalue weighted by Crippen LogP contribution is -2.53. The zero-order valence-corrected chi connectivity index (χ0v) is 13.6. The van der Waals surface area contributed by atoms with Crippen molar-refractivity contribution < 1.29 is 14.3 Å². The Hall–Kier alpha value is -2.04. The molecule has 1 aromatic carbocycles. The van der Waals surface area contributed by atoms with Gasteiger partial charge in [-0.15, -0.1) is 0 Å². The molecule has 0 aromatic heterocycles. The van der Waals surface area contributed by atoms with Gasteiger partial charge in [-0.2, -0.15) is 0 Å². The molecule has 0 bridgehead atoms. The lowest BCUT2D eigenvalue weighted by molar-refractivity contribution is -0.147. The first-order valence-electron chi connectivity index (χ1n) is 8.43. The molecular formula is C18H24N2O3. The summed E-state index contributed by atoms with van der Waals surface area (Å²) < 4.78 is 5.17. The van der Waals surface area contributed by atoms with Crippen LogP contribution in [0.4, 0.5) is 0 Å². The number of carbonyl (C=O) groups excluding carboxylic acids is 2. The summed E-state index contributed by atoms with van der Waals surface area (Å²) in [7, 11) is 1.61. The van der Waals surface area contributed by atoms with Gasteiger partial charge in [-0.1, -0.05) is 31.4 Å². The lowest BCUT2D eigenvalue weighted by Gasteiger charge is -2.38. The summed E-state index contributed by atoms with van der Waals surface area (Å²) >= 11 is 0. The second kappa shape index (κ2) is 7.02. The van der Waals surface area contributed by atoms with Crippen molar-refractivity contribution in [1.29, 1.82) is 0 Å². The summed E-state index contributed by atoms with van der Waals surface area (Å²) in [5.41, 5.74) is 0.840. The van der Waals surface area contributed by atoms with Crippen molar-refractivity contribution in [2.75, 3.05) is 20.2 Å². The van der Waals surface area contributed by atoms with Gasteiger partial charge in [0.25, 0.3) is 0 Å². The molecule has 5 nitrogen and oxygen atoms in total. The molecule has 2 aliphatic rings. The number of ether oxygens (including phenoxy) is 1. The normalized spacial score (nSPS) is 22.6. The maximum absolute atomic E-state index is 12.9. The molecule has 3 rings (SSSR count). The highest BCUT2D eigenvalue weighted by molar-refractivity contribution is 5.90. The second-order valence-electron chi connectivity index (χ2n) is 6.33. The largest absolute Gasteiger partial charge is 0.497 e. The van der Waals surface area contributed by atoms with Crippen LogP contribution in [0.5, 0.6) is 5.75 Å². The summed E-state index contributed by atoms with van der Waals surface area (Å²) in [5, 5.41) is 2.88. The quantitative estimate of drug-likeness (QED) is 0.930. The van der Waals surface area contributed by atoms with E-state index < -0.39 is 6.04 Å². The van der Waals surface area contributed by atoms with Gasteiger partial charge in [0.15, 0.2) is 0 Å². The molecule has 1 aliphatic carbocycles. The van der Waals surface area contributed by atoms with Gasteiger partial charge in [0, 0.05) is 19.0 Å². The average Bonchev–Trinajstić information content (AvgIpc) is 2.62. The van der Waals surface area contributed by atoms with E-state index in [1.54, 1.807) is 12.0 Å². The monoisotopic (exact) mass is 316 g/mol. The van der Waals surface area contributed by atoms with Crippen LogP contribution in [0.3, 0.4) is 0 Å². The summed E-state index contributed by atoms with van der Waals surface area (Å²) in [5.74, 6) is 0.872. The molecular weight excluding hydrogens is 292 g/mol. The average molecular weight is 316 g/mol. The number of methoxy groups -OCH3 is 1. The molecule has 0 spiro atoms. The van der Waals surface area contributed by atoms with E-state index in [-0.39, 0.29) is 17.7 Å². The summed E-state index contributed by atoms with van der Waals surface area (Å²) in [6.45, 7) is 1.11. The van der Waals surface area contributed by atoms with Crippen LogP contribution in [0, 0.1) is 5.92 Å². The van der Waals surface area contributed by atoms with Gasteiger partial charge >= 0.3 is 0 Å². The third-order valence-corrected chi connectivity index (χ3v) is 4.88. The van der Waals surface area contributed by atoms with Crippen LogP contribution < -0.4 is 10.1 Å². The number of benzene rings is 1. The van der Waals surface area contributed by atoms with Crippen LogP contribution >= 0.6 is 0 Å². The van der Waals surface area contributed by atoms with E-state index >= 15 is 0 Å². The zero-order chi connectivity index (χ0) is 16.2. The first-order valence-corrected chi connectivity index (χ1v) is 8.43. The number of carbonyl (C=O) groups is 2. The van der Waals surface area contributed by atoms with Crippen molar-refractivity contribution in [3.05, 3.63) is 29.8 Å². The molecule has 2 fully saturated rings. The first kappa shape index (κ1) is 15.8. The second-order valence-corrected chi connectivity index (χ2v) is 6.33. The minimum Gasteiger partial charge on any atom is -0.497 e. The van der Waals surface area contributed by atoms with Gasteiger partial charge < -0.3 is 15.0 Å². The smallest absolute Gasteiger partial charge is 0.247 e. The van der Waals surface area contributed by atoms with Crippen LogP contribution in [0.25, 0.3) is 0 Å². The topological polar surface area (TPSA) is 58.6 Å². The fourth-order valence-electron chi connectivity index (χ4n) is 3.61. The van der Waals surface area contributed by atoms with Crippen molar-refractivity contribution in [3.8, 4) is 5.75 Å². The summed E-state index contributed by atoms with van der Waals surface area (Å²) in [4.78, 5) is 27.1. The standard InChI is InChI=1S/C18H24N2O3/c1-23-15-9-7-13(8-10-15)16-17(21)19-11-12-20(16)18(22)14-5-3-2-4-6-14/h7-10,14,16H,2-6,11-12H2,1H3,(H,19,21). The Morgan fingerprint density at radius 3 is 2.52 bits per heavy atom. The van der Waals surface area contributed by atoms with E-state index in [1.165, 1.54) is 6.42 Å². The highest BCUT2D eigenvalue weighted by Gasteiger charge is 2.37. The molecule has 124 valence electrons. The van der Waals surface area contributed by atoms with Gasteiger partial charge in [0.2, 0.25) is 11.8 Å². The van der Waals surface area contributed by atoms with Crippen LogP contribution in [-0.4, -0.2) is 36.9 Å². The maximum atomic E-state index is 12.9. The van der Waals surface area contributed by atoms with E-state index in [9.17, 15) is 9.59 Å². The Morgan fingerprint density at radius 2 is 1.87 bits per heavy atom. The molecule has 1 heterocycles. The van der Waals surface area contributed by atoms with E-state index in [2.05, 4.69) is 5.32 Å². The van der Waals surface area contributed by atoms with Gasteiger partial charge in [-0.05, 0) is 30.5 Å². The highest BCUT2D eigenvalue weighted by Crippen LogP contribution is 2.31. The minimum atomic E-state index is -0.524. The predicted molar refractivity (Wildman–Crippen MR) is 87.0 cm³/mol. The molecule has 1 aliphatic heterocycles. The van der Waals surface area contributed by atoms with Gasteiger partial charge in [-0.3, -0.25) is 9.59 Å². The number of amides is 2. The van der Waals surface area contributed by atoms with Crippen molar-refractivity contribution in [1.82, 2.24) is 10.2 Å². The third kappa shape index (κ3) is 3.33. The molecule has 1 saturated carbocycles. The van der Waals surface area contributed by atoms with Crippen LogP contribution in [0.1, 0.15) is 43.7 Å². The number of hydrogen-bond donors (Lipinski definition) is 1. The van der Waals surface area contributed by atoms with E-state index in [1.807, 2.05) is 24.3 Å². The molecule has 23 heavy (non-hydrogen) atoms. The molecule has 1 saturated heterocycles. The van der Waals surface area contributed by atoms with Crippen molar-refractivity contribution >= 4 is 11.8 Å². The van der Waals surface area contributed by atoms with E-state index in [0.717, 1.165) is 37.0 Å². The van der Waals surface area contributed by atoms with Crippen LogP contribution in [0.15, 0.2) is 24.3 Å². The molecule has 0 radical (unpaired) electrons. The number of hydrogen-bond acceptors (Lipinski definition) is 3. The SMILES string of the molecule is COc1ccc(C2C(=O)NCCN2C(=O)C2CCCCC2)cc1. The highest BCUT2D eigenvalue weighted by atomic mass is 16.5. The Labute approximate surface area is 137 Å². The van der Waals surface area contributed by atoms with Crippen molar-refractivity contribution in [2.45, 2.75) is 38.1 Å². The zero-order valence-electron chi connectivity index (χ0n) is 13.6. The van der Waals surface area contributed by atoms with Crippen molar-refractivity contribution in [2.24, 2.45) is 5.92 Å². The van der Waals surface area contributed by atoms with Gasteiger partial charge in [0.1, 0.15) is 11.8 Å². The molecule has 2 amide bonds. The molecule has 1 unspecified atom stereocenters. The number of nitrogens with zero attached hydrogens (tertiary/aromatic N) is 1. The molecule has 1 aromatic rings. The molecule has 1 N–H and O–H groups in total. The number of piperazine rings is 1. The molecule has 5 heteroatoms. The molecule has 1 atom stereocenters. The maximum Gasteiger partial charge on any atom is 0.247 e. The summed E-state index contributed by atoms with van der Waals surface area (Å²) in [6.07, 6.45) is 5.35. The predicted octanol–water partition coefficient (Wildman–Crippen LogP) is 2.27. The summed E-state index contributed by atoms with van der Waals surface area (Å²) in [6, 6.07) is 6.88. The Morgan fingerprint density at radius 1 is 1.17 bits per heavy atom. The fourth-order valence-corrected chi connectivity index (χ4v) is 3.61. The Bertz CT molecular complexity index is 564. The number of rotatable bonds is 3. The third-order valence-electron chi connectivity index (χ3n) is 4.88. The van der Waals surface area contributed by atoms with E-state index in [0.29, 0.717) is 13.1 Å². The lowest BCUT2D eigenvalue weighted by atomic mass is 9.87. The Kier molecular flexibility index (Phi) is 4.84. The van der Waals surface area contributed by atoms with Gasteiger partial charge in [-0.25, -0.2) is 0 Å². The first-order chi connectivity index (χ1) is 11.2. The fraction of sp³-hybridized carbons (Fsp3) is 0.556. The minimum absolute atomic E-state index is 0.0791. The van der Waals surface area contributed by atoms with Crippen molar-refractivity contribution in [3.63, 3.8) is 0 Å². The van der Waals surface area contributed by atoms with Crippen LogP contribution in [0.2, 0.25) is 0 Å².